The number of hydrogen-bond acceptors (Lipinski definition) is 2. The van der Waals surface area contributed by atoms with Crippen LogP contribution in [0.25, 0.3) is 0 Å². The van der Waals surface area contributed by atoms with E-state index in [1.54, 1.807) is 0 Å². The largest absolute Gasteiger partial charge is 0.330 e. The van der Waals surface area contributed by atoms with Crippen LogP contribution < -0.4 is 22.1 Å². The van der Waals surface area contributed by atoms with Crippen LogP contribution in [0.2, 0.25) is 0 Å². The molecule has 0 saturated heterocycles. The molecule has 4 heteroatoms. The van der Waals surface area contributed by atoms with Crippen LogP contribution >= 0.6 is 15.8 Å². The number of nitrogens with two attached hydrogens (primary N) is 2. The smallest absolute Gasteiger partial charge is 0.00348 e. The molecule has 0 aliphatic rings. The van der Waals surface area contributed by atoms with Crippen molar-refractivity contribution in [2.75, 3.05) is 37.7 Å². The van der Waals surface area contributed by atoms with E-state index in [9.17, 15) is 0 Å². The molecule has 0 bridgehead atoms. The summed E-state index contributed by atoms with van der Waals surface area (Å²) in [5, 5.41) is 2.97. The lowest BCUT2D eigenvalue weighted by molar-refractivity contribution is 1.13. The predicted octanol–water partition coefficient (Wildman–Crippen LogP) is 2.52. The highest BCUT2D eigenvalue weighted by molar-refractivity contribution is 7.69. The van der Waals surface area contributed by atoms with Crippen LogP contribution in [0.1, 0.15) is 0 Å². The second-order valence-electron chi connectivity index (χ2n) is 5.22. The van der Waals surface area contributed by atoms with E-state index in [4.69, 9.17) is 11.5 Å². The summed E-state index contributed by atoms with van der Waals surface area (Å²) in [6.45, 7) is 1.56. The van der Waals surface area contributed by atoms with Gasteiger partial charge in [-0.05, 0) is 48.3 Å². The Morgan fingerprint density at radius 3 is 1.23 bits per heavy atom. The lowest BCUT2D eigenvalue weighted by Crippen LogP contribution is -2.17. The highest BCUT2D eigenvalue weighted by Crippen LogP contribution is 2.41. The van der Waals surface area contributed by atoms with Gasteiger partial charge in [-0.3, -0.25) is 0 Å². The molecule has 0 fully saturated rings. The van der Waals surface area contributed by atoms with E-state index >= 15 is 0 Å². The Morgan fingerprint density at radius 2 is 0.909 bits per heavy atom. The molecule has 2 nitrogen and oxygen atoms in total. The first kappa shape index (κ1) is 17.6. The molecule has 0 radical (unpaired) electrons. The minimum Gasteiger partial charge on any atom is -0.330 e. The van der Waals surface area contributed by atoms with Crippen LogP contribution in [-0.2, 0) is 0 Å². The van der Waals surface area contributed by atoms with Crippen LogP contribution in [-0.4, -0.2) is 37.7 Å². The van der Waals surface area contributed by atoms with Crippen LogP contribution in [0.4, 0.5) is 0 Å². The molecular weight excluding hydrogens is 306 g/mol. The van der Waals surface area contributed by atoms with Crippen LogP contribution in [0.5, 0.6) is 0 Å². The van der Waals surface area contributed by atoms with Gasteiger partial charge < -0.3 is 11.5 Å². The van der Waals surface area contributed by atoms with Crippen molar-refractivity contribution >= 4 is 26.5 Å². The predicted molar refractivity (Wildman–Crippen MR) is 104 cm³/mol. The molecule has 0 amide bonds. The molecule has 2 rings (SSSR count). The van der Waals surface area contributed by atoms with Crippen molar-refractivity contribution in [2.45, 2.75) is 0 Å². The van der Waals surface area contributed by atoms with Gasteiger partial charge in [0.15, 0.2) is 0 Å². The molecule has 0 aromatic heterocycles. The van der Waals surface area contributed by atoms with Gasteiger partial charge in [0.05, 0.1) is 0 Å². The molecule has 0 aliphatic heterocycles. The second kappa shape index (κ2) is 10.1. The molecule has 0 spiro atoms. The third-order valence-corrected chi connectivity index (χ3v) is 9.21. The van der Waals surface area contributed by atoms with Crippen molar-refractivity contribution in [3.63, 3.8) is 0 Å². The Bertz CT molecular complexity index is 470. The topological polar surface area (TPSA) is 52.0 Å². The third-order valence-electron chi connectivity index (χ3n) is 3.68. The average Bonchev–Trinajstić information content (AvgIpc) is 2.59. The molecule has 0 heterocycles. The highest BCUT2D eigenvalue weighted by Gasteiger charge is 2.15. The average molecular weight is 332 g/mol. The summed E-state index contributed by atoms with van der Waals surface area (Å²) in [5.74, 6) is 0. The molecule has 2 unspecified atom stereocenters. The summed E-state index contributed by atoms with van der Waals surface area (Å²) in [6.07, 6.45) is 4.77. The third kappa shape index (κ3) is 5.45. The summed E-state index contributed by atoms with van der Waals surface area (Å²) < 4.78 is 0. The maximum absolute atomic E-state index is 5.84. The monoisotopic (exact) mass is 332 g/mol. The van der Waals surface area contributed by atoms with Crippen LogP contribution in [0.3, 0.4) is 0 Å². The Morgan fingerprint density at radius 1 is 0.545 bits per heavy atom. The first-order valence-electron chi connectivity index (χ1n) is 7.85. The van der Waals surface area contributed by atoms with Gasteiger partial charge in [-0.2, -0.15) is 0 Å². The van der Waals surface area contributed by atoms with Gasteiger partial charge in [0.1, 0.15) is 0 Å². The summed E-state index contributed by atoms with van der Waals surface area (Å²) in [4.78, 5) is 0. The summed E-state index contributed by atoms with van der Waals surface area (Å²) in [5.41, 5.74) is 11.7. The van der Waals surface area contributed by atoms with E-state index in [1.165, 1.54) is 22.9 Å². The van der Waals surface area contributed by atoms with E-state index in [-0.39, 0.29) is 15.8 Å². The number of benzene rings is 2. The SMILES string of the molecule is NCCP(CCP(CCN)c1ccccc1)c1ccccc1. The molecule has 2 aromatic carbocycles. The zero-order valence-electron chi connectivity index (χ0n) is 13.1. The zero-order chi connectivity index (χ0) is 15.6. The first-order chi connectivity index (χ1) is 10.8. The maximum Gasteiger partial charge on any atom is -0.00348 e. The van der Waals surface area contributed by atoms with Crippen LogP contribution in [0, 0.1) is 0 Å². The van der Waals surface area contributed by atoms with E-state index in [0.29, 0.717) is 0 Å². The number of rotatable bonds is 9. The summed E-state index contributed by atoms with van der Waals surface area (Å²) >= 11 is 0. The first-order valence-corrected chi connectivity index (χ1v) is 11.3. The fourth-order valence-corrected chi connectivity index (χ4v) is 7.79. The molecule has 118 valence electrons. The van der Waals surface area contributed by atoms with Gasteiger partial charge in [-0.1, -0.05) is 76.5 Å². The Balaban J connectivity index is 2.03. The van der Waals surface area contributed by atoms with Crippen molar-refractivity contribution in [1.82, 2.24) is 0 Å². The lowest BCUT2D eigenvalue weighted by atomic mass is 10.4. The standard InChI is InChI=1S/C18H26N2P2/c19-11-13-21(17-7-3-1-4-8-17)15-16-22(14-12-20)18-9-5-2-6-10-18/h1-10H,11-16,19-20H2. The van der Waals surface area contributed by atoms with Gasteiger partial charge >= 0.3 is 0 Å². The molecule has 0 saturated carbocycles. The summed E-state index contributed by atoms with van der Waals surface area (Å²) in [7, 11) is -0.278. The Labute approximate surface area is 136 Å². The molecule has 22 heavy (non-hydrogen) atoms. The maximum atomic E-state index is 5.84. The fraction of sp³-hybridized carbons (Fsp3) is 0.333. The van der Waals surface area contributed by atoms with Gasteiger partial charge in [0.25, 0.3) is 0 Å². The highest BCUT2D eigenvalue weighted by atomic mass is 31.1. The molecule has 0 aliphatic carbocycles. The van der Waals surface area contributed by atoms with Gasteiger partial charge in [0.2, 0.25) is 0 Å². The minimum absolute atomic E-state index is 0.139. The second-order valence-corrected chi connectivity index (χ2v) is 10.2. The molecular formula is C18H26N2P2. The van der Waals surface area contributed by atoms with E-state index in [0.717, 1.165) is 25.4 Å². The van der Waals surface area contributed by atoms with Crippen molar-refractivity contribution in [2.24, 2.45) is 11.5 Å². The van der Waals surface area contributed by atoms with Gasteiger partial charge in [-0.25, -0.2) is 0 Å². The van der Waals surface area contributed by atoms with E-state index in [2.05, 4.69) is 60.7 Å². The van der Waals surface area contributed by atoms with Crippen molar-refractivity contribution in [1.29, 1.82) is 0 Å². The Hall–Kier alpha value is -0.780. The molecule has 4 N–H and O–H groups in total. The van der Waals surface area contributed by atoms with Crippen molar-refractivity contribution in [3.05, 3.63) is 60.7 Å². The normalized spacial score (nSPS) is 13.7. The lowest BCUT2D eigenvalue weighted by Gasteiger charge is -2.22. The fourth-order valence-electron chi connectivity index (χ4n) is 2.57. The van der Waals surface area contributed by atoms with E-state index in [1.807, 2.05) is 0 Å². The summed E-state index contributed by atoms with van der Waals surface area (Å²) in [6, 6.07) is 21.8. The minimum atomic E-state index is -0.139. The zero-order valence-corrected chi connectivity index (χ0v) is 14.9. The number of hydrogen-bond donors (Lipinski definition) is 2. The van der Waals surface area contributed by atoms with Crippen LogP contribution in [0.15, 0.2) is 60.7 Å². The quantitative estimate of drug-likeness (QED) is 0.693. The molecule has 2 aromatic rings. The van der Waals surface area contributed by atoms with E-state index < -0.39 is 0 Å². The van der Waals surface area contributed by atoms with Gasteiger partial charge in [0, 0.05) is 0 Å². The van der Waals surface area contributed by atoms with Gasteiger partial charge in [-0.15, -0.1) is 0 Å². The molecule has 2 atom stereocenters. The Kier molecular flexibility index (Phi) is 8.05. The van der Waals surface area contributed by atoms with Crippen molar-refractivity contribution in [3.8, 4) is 0 Å². The van der Waals surface area contributed by atoms with Crippen molar-refractivity contribution < 1.29 is 0 Å².